The Balaban J connectivity index is 2.32. The lowest BCUT2D eigenvalue weighted by Crippen LogP contribution is -2.61. The topological polar surface area (TPSA) is 178 Å². The largest absolute Gasteiger partial charge is 0.450 e. The molecule has 1 aliphatic carbocycles. The van der Waals surface area contributed by atoms with Gasteiger partial charge in [0.2, 0.25) is 11.8 Å². The number of nitrogens with one attached hydrogen (secondary N) is 3. The maximum absolute atomic E-state index is 14.1. The van der Waals surface area contributed by atoms with Crippen molar-refractivity contribution in [3.8, 4) is 0 Å². The van der Waals surface area contributed by atoms with E-state index < -0.39 is 71.3 Å². The predicted octanol–water partition coefficient (Wildman–Crippen LogP) is 3.09. The van der Waals surface area contributed by atoms with Crippen molar-refractivity contribution in [1.29, 1.82) is 0 Å². The Morgan fingerprint density at radius 3 is 2.06 bits per heavy atom. The van der Waals surface area contributed by atoms with E-state index in [4.69, 9.17) is 19.9 Å². The first-order chi connectivity index (χ1) is 21.8. The maximum atomic E-state index is 14.1. The van der Waals surface area contributed by atoms with Crippen LogP contribution in [0.4, 0.5) is 4.79 Å². The van der Waals surface area contributed by atoms with Gasteiger partial charge in [0.15, 0.2) is 6.10 Å². The second kappa shape index (κ2) is 17.8. The van der Waals surface area contributed by atoms with Crippen LogP contribution in [0.15, 0.2) is 12.7 Å². The van der Waals surface area contributed by atoms with E-state index in [9.17, 15) is 24.0 Å². The highest BCUT2D eigenvalue weighted by Gasteiger charge is 2.40. The zero-order valence-electron chi connectivity index (χ0n) is 29.7. The zero-order valence-corrected chi connectivity index (χ0v) is 29.7. The predicted molar refractivity (Wildman–Crippen MR) is 178 cm³/mol. The van der Waals surface area contributed by atoms with Crippen molar-refractivity contribution in [2.24, 2.45) is 11.7 Å². The number of likely N-dealkylation sites (tertiary alicyclic amines) is 1. The molecule has 2 fully saturated rings. The lowest BCUT2D eigenvalue weighted by molar-refractivity contribution is -0.157. The Kier molecular flexibility index (Phi) is 15.2. The van der Waals surface area contributed by atoms with Crippen molar-refractivity contribution >= 4 is 29.8 Å². The van der Waals surface area contributed by atoms with E-state index in [1.54, 1.807) is 17.9 Å². The molecule has 1 unspecified atom stereocenters. The van der Waals surface area contributed by atoms with Gasteiger partial charge < -0.3 is 40.8 Å². The summed E-state index contributed by atoms with van der Waals surface area (Å²) < 4.78 is 17.2. The Hall–Kier alpha value is -3.19. The fraction of sp³-hybridized carbons (Fsp3) is 0.794. The van der Waals surface area contributed by atoms with Gasteiger partial charge in [0.05, 0.1) is 23.8 Å². The third kappa shape index (κ3) is 15.1. The minimum atomic E-state index is -1.31. The number of amides is 4. The molecule has 2 rings (SSSR count). The minimum Gasteiger partial charge on any atom is -0.450 e. The number of carbonyl (C=O) groups excluding carboxylic acids is 5. The van der Waals surface area contributed by atoms with Gasteiger partial charge in [0.25, 0.3) is 5.91 Å². The molecule has 13 heteroatoms. The fourth-order valence-corrected chi connectivity index (χ4v) is 5.47. The van der Waals surface area contributed by atoms with Crippen LogP contribution >= 0.6 is 0 Å². The van der Waals surface area contributed by atoms with E-state index in [0.717, 1.165) is 12.8 Å². The number of ether oxygens (including phenoxy) is 3. The van der Waals surface area contributed by atoms with Crippen LogP contribution in [0.5, 0.6) is 0 Å². The molecule has 1 saturated carbocycles. The van der Waals surface area contributed by atoms with Crippen molar-refractivity contribution in [3.63, 3.8) is 0 Å². The number of nitrogens with zero attached hydrogens (tertiary/aromatic N) is 1. The van der Waals surface area contributed by atoms with Crippen LogP contribution in [0.3, 0.4) is 0 Å². The van der Waals surface area contributed by atoms with Crippen molar-refractivity contribution < 1.29 is 38.2 Å². The van der Waals surface area contributed by atoms with Gasteiger partial charge in [0.1, 0.15) is 11.6 Å². The molecule has 1 heterocycles. The highest BCUT2D eigenvalue weighted by molar-refractivity contribution is 5.91. The summed E-state index contributed by atoms with van der Waals surface area (Å²) in [5, 5.41) is 8.60. The van der Waals surface area contributed by atoms with Crippen molar-refractivity contribution in [2.45, 2.75) is 154 Å². The highest BCUT2D eigenvalue weighted by Crippen LogP contribution is 2.26. The number of hydrogen-bond acceptors (Lipinski definition) is 9. The number of unbranched alkanes of at least 4 members (excludes halogenated alkanes) is 1. The van der Waals surface area contributed by atoms with Crippen LogP contribution in [-0.4, -0.2) is 95.4 Å². The van der Waals surface area contributed by atoms with Gasteiger partial charge in [-0.05, 0) is 106 Å². The van der Waals surface area contributed by atoms with E-state index in [1.807, 2.05) is 41.5 Å². The van der Waals surface area contributed by atoms with Crippen LogP contribution in [0.25, 0.3) is 0 Å². The summed E-state index contributed by atoms with van der Waals surface area (Å²) in [5.74, 6) is -2.28. The standard InChI is InChI=1S/C34H59N5O8/c1-10-11-12-13-25(35)29(41)38-27(21(2)46-33(4,5)6)30(42)37-26(28(45-22(3)40)31(43)36-24-14-15-24)20-23-16-18-39(19-17-23)32(44)47-34(7,8)9/h10,21,23-28H,1,11-20,35H2,2-9H3,(H,36,43)(H,37,42)(H,38,41)/t21-,25+,26+,27+,28?/m1/s1. The molecule has 4 amide bonds. The van der Waals surface area contributed by atoms with Crippen molar-refractivity contribution in [3.05, 3.63) is 12.7 Å². The second-order valence-corrected chi connectivity index (χ2v) is 14.8. The number of piperidine rings is 1. The number of esters is 1. The molecule has 5 N–H and O–H groups in total. The molecule has 0 aromatic heterocycles. The van der Waals surface area contributed by atoms with Crippen LogP contribution < -0.4 is 21.7 Å². The summed E-state index contributed by atoms with van der Waals surface area (Å²) in [4.78, 5) is 67.1. The summed E-state index contributed by atoms with van der Waals surface area (Å²) in [6, 6.07) is -2.95. The average Bonchev–Trinajstić information content (AvgIpc) is 3.76. The maximum Gasteiger partial charge on any atom is 0.410 e. The number of hydrogen-bond donors (Lipinski definition) is 4. The third-order valence-corrected chi connectivity index (χ3v) is 7.87. The summed E-state index contributed by atoms with van der Waals surface area (Å²) in [6.07, 6.45) is 4.16. The molecule has 5 atom stereocenters. The normalized spacial score (nSPS) is 19.0. The molecular weight excluding hydrogens is 606 g/mol. The van der Waals surface area contributed by atoms with Crippen LogP contribution in [0.2, 0.25) is 0 Å². The molecule has 0 spiro atoms. The Morgan fingerprint density at radius 2 is 1.55 bits per heavy atom. The smallest absolute Gasteiger partial charge is 0.410 e. The molecule has 0 aromatic rings. The SMILES string of the molecule is C=CCCC[C@H](N)C(=O)N[C@H](C(=O)N[C@@H](CC1CCN(C(=O)OC(C)(C)C)CC1)C(OC(C)=O)C(=O)NC1CC1)[C@@H](C)OC(C)(C)C. The number of allylic oxidation sites excluding steroid dienone is 1. The van der Waals surface area contributed by atoms with Crippen LogP contribution in [0, 0.1) is 5.92 Å². The van der Waals surface area contributed by atoms with Crippen molar-refractivity contribution in [2.75, 3.05) is 13.1 Å². The third-order valence-electron chi connectivity index (χ3n) is 7.87. The fourth-order valence-electron chi connectivity index (χ4n) is 5.47. The van der Waals surface area contributed by atoms with Crippen molar-refractivity contribution in [1.82, 2.24) is 20.9 Å². The molecular formula is C34H59N5O8. The monoisotopic (exact) mass is 665 g/mol. The van der Waals surface area contributed by atoms with Gasteiger partial charge in [0, 0.05) is 26.1 Å². The molecule has 13 nitrogen and oxygen atoms in total. The van der Waals surface area contributed by atoms with Gasteiger partial charge >= 0.3 is 12.1 Å². The number of nitrogens with two attached hydrogens (primary N) is 1. The summed E-state index contributed by atoms with van der Waals surface area (Å²) >= 11 is 0. The summed E-state index contributed by atoms with van der Waals surface area (Å²) in [7, 11) is 0. The Bertz CT molecular complexity index is 1090. The quantitative estimate of drug-likeness (QED) is 0.110. The lowest BCUT2D eigenvalue weighted by Gasteiger charge is -2.37. The summed E-state index contributed by atoms with van der Waals surface area (Å²) in [5.41, 5.74) is 4.90. The Morgan fingerprint density at radius 1 is 0.936 bits per heavy atom. The first-order valence-electron chi connectivity index (χ1n) is 16.9. The van der Waals surface area contributed by atoms with Gasteiger partial charge in [-0.15, -0.1) is 6.58 Å². The average molecular weight is 666 g/mol. The van der Waals surface area contributed by atoms with E-state index >= 15 is 0 Å². The zero-order chi connectivity index (χ0) is 35.5. The molecule has 1 aliphatic heterocycles. The van der Waals surface area contributed by atoms with Gasteiger partial charge in [-0.1, -0.05) is 6.08 Å². The Labute approximate surface area is 280 Å². The molecule has 268 valence electrons. The van der Waals surface area contributed by atoms with E-state index in [1.165, 1.54) is 6.92 Å². The number of carbonyl (C=O) groups is 5. The van der Waals surface area contributed by atoms with E-state index in [-0.39, 0.29) is 12.0 Å². The summed E-state index contributed by atoms with van der Waals surface area (Å²) in [6.45, 7) is 18.4. The molecule has 0 aromatic carbocycles. The molecule has 0 bridgehead atoms. The van der Waals surface area contributed by atoms with Crippen LogP contribution in [0.1, 0.15) is 107 Å². The molecule has 47 heavy (non-hydrogen) atoms. The number of rotatable bonds is 16. The molecule has 0 radical (unpaired) electrons. The second-order valence-electron chi connectivity index (χ2n) is 14.8. The first-order valence-corrected chi connectivity index (χ1v) is 16.9. The van der Waals surface area contributed by atoms with Gasteiger partial charge in [-0.25, -0.2) is 4.79 Å². The van der Waals surface area contributed by atoms with E-state index in [2.05, 4.69) is 22.5 Å². The van der Waals surface area contributed by atoms with Crippen LogP contribution in [-0.2, 0) is 33.4 Å². The first kappa shape index (κ1) is 40.0. The molecule has 2 aliphatic rings. The highest BCUT2D eigenvalue weighted by atomic mass is 16.6. The minimum absolute atomic E-state index is 0.0104. The van der Waals surface area contributed by atoms with Gasteiger partial charge in [-0.3, -0.25) is 19.2 Å². The lowest BCUT2D eigenvalue weighted by atomic mass is 9.88. The molecule has 1 saturated heterocycles. The van der Waals surface area contributed by atoms with Gasteiger partial charge in [-0.2, -0.15) is 0 Å². The van der Waals surface area contributed by atoms with E-state index in [0.29, 0.717) is 51.6 Å².